The third kappa shape index (κ3) is 3.09. The molecular formula is C13H7BrFNS. The third-order valence-corrected chi connectivity index (χ3v) is 3.55. The predicted molar refractivity (Wildman–Crippen MR) is 69.4 cm³/mol. The van der Waals surface area contributed by atoms with Crippen LogP contribution in [0.2, 0.25) is 0 Å². The minimum Gasteiger partial charge on any atom is -0.206 e. The average Bonchev–Trinajstić information content (AvgIpc) is 2.31. The number of benzene rings is 2. The molecule has 0 unspecified atom stereocenters. The van der Waals surface area contributed by atoms with Gasteiger partial charge >= 0.3 is 0 Å². The second kappa shape index (κ2) is 5.35. The Hall–Kier alpha value is -1.31. The fraction of sp³-hybridized carbons (Fsp3) is 0. The van der Waals surface area contributed by atoms with Gasteiger partial charge in [0.15, 0.2) is 0 Å². The van der Waals surface area contributed by atoms with Gasteiger partial charge in [-0.3, -0.25) is 0 Å². The molecule has 0 N–H and O–H groups in total. The van der Waals surface area contributed by atoms with E-state index in [0.29, 0.717) is 10.5 Å². The summed E-state index contributed by atoms with van der Waals surface area (Å²) in [5.41, 5.74) is 0.554. The average molecular weight is 308 g/mol. The maximum Gasteiger partial charge on any atom is 0.137 e. The van der Waals surface area contributed by atoms with Crippen LogP contribution in [0.25, 0.3) is 0 Å². The zero-order chi connectivity index (χ0) is 12.3. The van der Waals surface area contributed by atoms with E-state index in [0.717, 1.165) is 9.37 Å². The highest BCUT2D eigenvalue weighted by Crippen LogP contribution is 2.32. The molecule has 0 heterocycles. The summed E-state index contributed by atoms with van der Waals surface area (Å²) in [6, 6.07) is 14.0. The second-order valence-electron chi connectivity index (χ2n) is 3.32. The Labute approximate surface area is 111 Å². The van der Waals surface area contributed by atoms with Crippen LogP contribution in [0.5, 0.6) is 0 Å². The van der Waals surface area contributed by atoms with Gasteiger partial charge in [-0.25, -0.2) is 4.39 Å². The van der Waals surface area contributed by atoms with E-state index >= 15 is 0 Å². The zero-order valence-corrected chi connectivity index (χ0v) is 11.1. The van der Waals surface area contributed by atoms with Crippen LogP contribution in [0.3, 0.4) is 0 Å². The van der Waals surface area contributed by atoms with Crippen LogP contribution in [-0.2, 0) is 0 Å². The lowest BCUT2D eigenvalue weighted by Gasteiger charge is -2.04. The van der Waals surface area contributed by atoms with Gasteiger partial charge in [0, 0.05) is 14.3 Å². The first-order valence-corrected chi connectivity index (χ1v) is 6.43. The van der Waals surface area contributed by atoms with Crippen molar-refractivity contribution in [1.82, 2.24) is 0 Å². The van der Waals surface area contributed by atoms with Gasteiger partial charge in [0.05, 0.1) is 11.6 Å². The predicted octanol–water partition coefficient (Wildman–Crippen LogP) is 4.61. The SMILES string of the molecule is N#Cc1cc(Br)cc(Sc2ccccc2F)c1. The molecule has 0 spiro atoms. The highest BCUT2D eigenvalue weighted by molar-refractivity contribution is 9.10. The molecule has 0 bridgehead atoms. The minimum atomic E-state index is -0.254. The van der Waals surface area contributed by atoms with Crippen LogP contribution >= 0.6 is 27.7 Å². The monoisotopic (exact) mass is 307 g/mol. The van der Waals surface area contributed by atoms with Crippen molar-refractivity contribution in [3.8, 4) is 6.07 Å². The molecular weight excluding hydrogens is 301 g/mol. The normalized spacial score (nSPS) is 9.94. The molecule has 0 saturated heterocycles. The van der Waals surface area contributed by atoms with Crippen molar-refractivity contribution in [2.24, 2.45) is 0 Å². The Bertz CT molecular complexity index is 592. The molecule has 0 aliphatic carbocycles. The summed E-state index contributed by atoms with van der Waals surface area (Å²) < 4.78 is 14.3. The molecule has 0 fully saturated rings. The van der Waals surface area contributed by atoms with Crippen molar-refractivity contribution in [2.45, 2.75) is 9.79 Å². The highest BCUT2D eigenvalue weighted by atomic mass is 79.9. The number of nitrogens with zero attached hydrogens (tertiary/aromatic N) is 1. The number of nitriles is 1. The van der Waals surface area contributed by atoms with Gasteiger partial charge < -0.3 is 0 Å². The van der Waals surface area contributed by atoms with Crippen molar-refractivity contribution in [2.75, 3.05) is 0 Å². The molecule has 0 saturated carbocycles. The molecule has 2 rings (SSSR count). The van der Waals surface area contributed by atoms with Crippen LogP contribution in [0.15, 0.2) is 56.7 Å². The molecule has 0 aliphatic heterocycles. The molecule has 0 atom stereocenters. The maximum absolute atomic E-state index is 13.5. The first-order chi connectivity index (χ1) is 8.19. The Balaban J connectivity index is 2.34. The lowest BCUT2D eigenvalue weighted by atomic mass is 10.2. The first-order valence-electron chi connectivity index (χ1n) is 4.82. The van der Waals surface area contributed by atoms with E-state index in [4.69, 9.17) is 5.26 Å². The van der Waals surface area contributed by atoms with Gasteiger partial charge in [0.25, 0.3) is 0 Å². The van der Waals surface area contributed by atoms with Crippen LogP contribution in [0.4, 0.5) is 4.39 Å². The van der Waals surface area contributed by atoms with Crippen LogP contribution in [0, 0.1) is 17.1 Å². The quantitative estimate of drug-likeness (QED) is 0.809. The third-order valence-electron chi connectivity index (χ3n) is 2.06. The minimum absolute atomic E-state index is 0.254. The van der Waals surface area contributed by atoms with E-state index in [-0.39, 0.29) is 5.82 Å². The molecule has 0 radical (unpaired) electrons. The summed E-state index contributed by atoms with van der Waals surface area (Å²) in [7, 11) is 0. The summed E-state index contributed by atoms with van der Waals surface area (Å²) in [5, 5.41) is 8.85. The number of rotatable bonds is 2. The molecule has 4 heteroatoms. The summed E-state index contributed by atoms with van der Waals surface area (Å²) in [4.78, 5) is 1.38. The lowest BCUT2D eigenvalue weighted by molar-refractivity contribution is 0.602. The van der Waals surface area contributed by atoms with Gasteiger partial charge in [-0.2, -0.15) is 5.26 Å². The van der Waals surface area contributed by atoms with Gasteiger partial charge in [-0.1, -0.05) is 39.8 Å². The summed E-state index contributed by atoms with van der Waals surface area (Å²) in [6.45, 7) is 0. The van der Waals surface area contributed by atoms with E-state index in [2.05, 4.69) is 22.0 Å². The second-order valence-corrected chi connectivity index (χ2v) is 5.35. The van der Waals surface area contributed by atoms with Crippen molar-refractivity contribution in [3.05, 3.63) is 58.3 Å². The molecule has 2 aromatic rings. The fourth-order valence-corrected chi connectivity index (χ4v) is 2.92. The maximum atomic E-state index is 13.5. The summed E-state index contributed by atoms with van der Waals surface area (Å²) >= 11 is 4.63. The Morgan fingerprint density at radius 2 is 1.94 bits per heavy atom. The standard InChI is InChI=1S/C13H7BrFNS/c14-10-5-9(8-16)6-11(7-10)17-13-4-2-1-3-12(13)15/h1-7H. The molecule has 0 aromatic heterocycles. The van der Waals surface area contributed by atoms with Crippen molar-refractivity contribution in [3.63, 3.8) is 0 Å². The largest absolute Gasteiger partial charge is 0.206 e. The van der Waals surface area contributed by atoms with E-state index in [9.17, 15) is 4.39 Å². The Morgan fingerprint density at radius 1 is 1.18 bits per heavy atom. The van der Waals surface area contributed by atoms with E-state index in [1.165, 1.54) is 17.8 Å². The topological polar surface area (TPSA) is 23.8 Å². The van der Waals surface area contributed by atoms with E-state index < -0.39 is 0 Å². The van der Waals surface area contributed by atoms with E-state index in [1.54, 1.807) is 30.3 Å². The van der Waals surface area contributed by atoms with Crippen molar-refractivity contribution >= 4 is 27.7 Å². The summed E-state index contributed by atoms with van der Waals surface area (Å²) in [5.74, 6) is -0.254. The van der Waals surface area contributed by atoms with Gasteiger partial charge in [-0.05, 0) is 30.3 Å². The van der Waals surface area contributed by atoms with Crippen LogP contribution in [0.1, 0.15) is 5.56 Å². The smallest absolute Gasteiger partial charge is 0.137 e. The van der Waals surface area contributed by atoms with Crippen LogP contribution in [-0.4, -0.2) is 0 Å². The highest BCUT2D eigenvalue weighted by Gasteiger charge is 2.05. The molecule has 0 amide bonds. The number of hydrogen-bond donors (Lipinski definition) is 0. The number of halogens is 2. The van der Waals surface area contributed by atoms with Gasteiger partial charge in [0.1, 0.15) is 5.82 Å². The molecule has 84 valence electrons. The molecule has 1 nitrogen and oxygen atoms in total. The molecule has 0 aliphatic rings. The first kappa shape index (κ1) is 12.2. The van der Waals surface area contributed by atoms with Gasteiger partial charge in [0.2, 0.25) is 0 Å². The van der Waals surface area contributed by atoms with Crippen molar-refractivity contribution in [1.29, 1.82) is 5.26 Å². The lowest BCUT2D eigenvalue weighted by Crippen LogP contribution is -1.82. The molecule has 17 heavy (non-hydrogen) atoms. The van der Waals surface area contributed by atoms with Crippen LogP contribution < -0.4 is 0 Å². The zero-order valence-electron chi connectivity index (χ0n) is 8.65. The van der Waals surface area contributed by atoms with Gasteiger partial charge in [-0.15, -0.1) is 0 Å². The fourth-order valence-electron chi connectivity index (χ4n) is 1.34. The Kier molecular flexibility index (Phi) is 3.82. The van der Waals surface area contributed by atoms with E-state index in [1.807, 2.05) is 6.07 Å². The summed E-state index contributed by atoms with van der Waals surface area (Å²) in [6.07, 6.45) is 0. The number of hydrogen-bond acceptors (Lipinski definition) is 2. The molecule has 2 aromatic carbocycles. The Morgan fingerprint density at radius 3 is 2.65 bits per heavy atom. The van der Waals surface area contributed by atoms with Crippen molar-refractivity contribution < 1.29 is 4.39 Å².